The van der Waals surface area contributed by atoms with Crippen LogP contribution in [-0.4, -0.2) is 160 Å². The van der Waals surface area contributed by atoms with Crippen LogP contribution in [0.4, 0.5) is 0 Å². The maximum absolute atomic E-state index is 11.8. The Labute approximate surface area is 330 Å². The van der Waals surface area contributed by atoms with Crippen molar-refractivity contribution < 1.29 is 61.3 Å². The van der Waals surface area contributed by atoms with E-state index in [1.54, 1.807) is 0 Å². The van der Waals surface area contributed by atoms with Crippen LogP contribution >= 0.6 is 0 Å². The lowest BCUT2D eigenvalue weighted by atomic mass is 10.1. The quantitative estimate of drug-likeness (QED) is 0.0372. The van der Waals surface area contributed by atoms with Gasteiger partial charge in [0.15, 0.2) is 8.32 Å². The largest absolute Gasteiger partial charge is 0.463 e. The molecular formula is C40H82O13Si. The zero-order valence-electron chi connectivity index (χ0n) is 35.4. The van der Waals surface area contributed by atoms with Gasteiger partial charge in [-0.1, -0.05) is 79.1 Å². The summed E-state index contributed by atoms with van der Waals surface area (Å²) >= 11 is 0. The van der Waals surface area contributed by atoms with Crippen LogP contribution in [-0.2, 0) is 61.3 Å². The Hall–Kier alpha value is -0.753. The molecule has 0 atom stereocenters. The lowest BCUT2D eigenvalue weighted by Crippen LogP contribution is -2.41. The highest BCUT2D eigenvalue weighted by Crippen LogP contribution is 2.36. The van der Waals surface area contributed by atoms with Crippen molar-refractivity contribution in [3.8, 4) is 0 Å². The molecule has 0 amide bonds. The summed E-state index contributed by atoms with van der Waals surface area (Å²) < 4.78 is 66.4. The van der Waals surface area contributed by atoms with Gasteiger partial charge in [-0.2, -0.15) is 0 Å². The smallest absolute Gasteiger partial charge is 0.305 e. The average Bonchev–Trinajstić information content (AvgIpc) is 3.13. The number of hydrogen-bond acceptors (Lipinski definition) is 13. The van der Waals surface area contributed by atoms with Crippen molar-refractivity contribution in [2.75, 3.05) is 145 Å². The standard InChI is InChI=1S/C40H82O13Si/c1-7-8-9-10-11-12-13-14-15-16-39(41)52-37-35-50-33-31-48-29-27-46-25-23-44-21-19-42-17-18-43-20-22-45-24-26-47-28-30-49-32-34-51-36-38-53-54(5,6)40(2,3)4/h7-38H2,1-6H3. The number of ether oxygens (including phenoxy) is 11. The first kappa shape index (κ1) is 53.2. The van der Waals surface area contributed by atoms with E-state index in [4.69, 9.17) is 56.5 Å². The third-order valence-electron chi connectivity index (χ3n) is 8.82. The van der Waals surface area contributed by atoms with Crippen LogP contribution in [0.3, 0.4) is 0 Å². The normalized spacial score (nSPS) is 12.2. The second kappa shape index (κ2) is 40.4. The summed E-state index contributed by atoms with van der Waals surface area (Å²) in [5.74, 6) is -0.136. The maximum Gasteiger partial charge on any atom is 0.305 e. The summed E-state index contributed by atoms with van der Waals surface area (Å²) in [6, 6.07) is 0. The lowest BCUT2D eigenvalue weighted by Gasteiger charge is -2.36. The van der Waals surface area contributed by atoms with Crippen LogP contribution < -0.4 is 0 Å². The van der Waals surface area contributed by atoms with Gasteiger partial charge in [-0.15, -0.1) is 0 Å². The van der Waals surface area contributed by atoms with E-state index >= 15 is 0 Å². The number of hydrogen-bond donors (Lipinski definition) is 0. The third-order valence-corrected chi connectivity index (χ3v) is 13.4. The van der Waals surface area contributed by atoms with Gasteiger partial charge >= 0.3 is 5.97 Å². The molecule has 0 fully saturated rings. The van der Waals surface area contributed by atoms with Gasteiger partial charge in [0.2, 0.25) is 0 Å². The van der Waals surface area contributed by atoms with Gasteiger partial charge in [-0.25, -0.2) is 0 Å². The Morgan fingerprint density at radius 2 is 0.648 bits per heavy atom. The predicted molar refractivity (Wildman–Crippen MR) is 214 cm³/mol. The Balaban J connectivity index is 3.16. The van der Waals surface area contributed by atoms with E-state index < -0.39 is 8.32 Å². The van der Waals surface area contributed by atoms with Gasteiger partial charge in [-0.3, -0.25) is 4.79 Å². The molecule has 0 aliphatic heterocycles. The molecule has 0 unspecified atom stereocenters. The van der Waals surface area contributed by atoms with Crippen LogP contribution in [0.25, 0.3) is 0 Å². The Kier molecular flexibility index (Phi) is 39.9. The van der Waals surface area contributed by atoms with Crippen molar-refractivity contribution in [1.82, 2.24) is 0 Å². The topological polar surface area (TPSA) is 128 Å². The molecule has 0 saturated carbocycles. The van der Waals surface area contributed by atoms with Gasteiger partial charge < -0.3 is 56.5 Å². The van der Waals surface area contributed by atoms with E-state index in [0.29, 0.717) is 145 Å². The molecular weight excluding hydrogens is 717 g/mol. The van der Waals surface area contributed by atoms with Gasteiger partial charge in [-0.05, 0) is 24.6 Å². The summed E-state index contributed by atoms with van der Waals surface area (Å²) in [6.45, 7) is 24.4. The lowest BCUT2D eigenvalue weighted by molar-refractivity contribution is -0.145. The van der Waals surface area contributed by atoms with Gasteiger partial charge in [0.1, 0.15) is 6.61 Å². The first-order chi connectivity index (χ1) is 26.2. The van der Waals surface area contributed by atoms with Gasteiger partial charge in [0.25, 0.3) is 0 Å². The van der Waals surface area contributed by atoms with Crippen molar-refractivity contribution >= 4 is 14.3 Å². The van der Waals surface area contributed by atoms with E-state index in [2.05, 4.69) is 40.8 Å². The van der Waals surface area contributed by atoms with Crippen molar-refractivity contribution in [2.24, 2.45) is 0 Å². The highest BCUT2D eigenvalue weighted by molar-refractivity contribution is 6.74. The number of esters is 1. The second-order valence-electron chi connectivity index (χ2n) is 14.5. The summed E-state index contributed by atoms with van der Waals surface area (Å²) in [5.41, 5.74) is 0. The minimum Gasteiger partial charge on any atom is -0.463 e. The Morgan fingerprint density at radius 1 is 0.389 bits per heavy atom. The molecule has 0 rings (SSSR count). The Bertz CT molecular complexity index is 771. The number of rotatable bonds is 44. The van der Waals surface area contributed by atoms with Crippen LogP contribution in [0.15, 0.2) is 0 Å². The van der Waals surface area contributed by atoms with Crippen molar-refractivity contribution in [2.45, 2.75) is 110 Å². The number of unbranched alkanes of at least 4 members (excludes halogenated alkanes) is 8. The van der Waals surface area contributed by atoms with Crippen molar-refractivity contribution in [1.29, 1.82) is 0 Å². The number of carbonyl (C=O) groups is 1. The molecule has 0 N–H and O–H groups in total. The maximum atomic E-state index is 11.8. The van der Waals surface area contributed by atoms with E-state index in [-0.39, 0.29) is 17.6 Å². The molecule has 0 bridgehead atoms. The monoisotopic (exact) mass is 799 g/mol. The molecule has 0 saturated heterocycles. The molecule has 14 heteroatoms. The average molecular weight is 799 g/mol. The molecule has 0 radical (unpaired) electrons. The molecule has 0 aliphatic carbocycles. The van der Waals surface area contributed by atoms with Crippen LogP contribution in [0, 0.1) is 0 Å². The van der Waals surface area contributed by atoms with Crippen molar-refractivity contribution in [3.05, 3.63) is 0 Å². The SMILES string of the molecule is CCCCCCCCCCCC(=O)OCCOCCOCCOCCOCCOCCOCCOCCOCCOCCOCCO[Si](C)(C)C(C)(C)C. The zero-order valence-corrected chi connectivity index (χ0v) is 36.4. The summed E-state index contributed by atoms with van der Waals surface area (Å²) in [6.07, 6.45) is 11.6. The van der Waals surface area contributed by atoms with Crippen LogP contribution in [0.5, 0.6) is 0 Å². The molecule has 0 heterocycles. The molecule has 0 spiro atoms. The van der Waals surface area contributed by atoms with E-state index in [1.807, 2.05) is 0 Å². The zero-order chi connectivity index (χ0) is 39.7. The molecule has 0 aromatic heterocycles. The third kappa shape index (κ3) is 39.5. The van der Waals surface area contributed by atoms with E-state index in [0.717, 1.165) is 12.8 Å². The first-order valence-electron chi connectivity index (χ1n) is 20.8. The molecule has 54 heavy (non-hydrogen) atoms. The molecule has 0 aromatic carbocycles. The fraction of sp³-hybridized carbons (Fsp3) is 0.975. The van der Waals surface area contributed by atoms with E-state index in [1.165, 1.54) is 44.9 Å². The van der Waals surface area contributed by atoms with Gasteiger partial charge in [0.05, 0.1) is 139 Å². The minimum atomic E-state index is -1.70. The summed E-state index contributed by atoms with van der Waals surface area (Å²) in [5, 5.41) is 0.214. The van der Waals surface area contributed by atoms with Crippen molar-refractivity contribution in [3.63, 3.8) is 0 Å². The molecule has 0 aromatic rings. The fourth-order valence-corrected chi connectivity index (χ4v) is 5.55. The highest BCUT2D eigenvalue weighted by atomic mass is 28.4. The Morgan fingerprint density at radius 3 is 0.944 bits per heavy atom. The summed E-state index contributed by atoms with van der Waals surface area (Å²) in [7, 11) is -1.70. The fourth-order valence-electron chi connectivity index (χ4n) is 4.52. The molecule has 0 aliphatic rings. The van der Waals surface area contributed by atoms with Gasteiger partial charge in [0, 0.05) is 6.42 Å². The second-order valence-corrected chi connectivity index (χ2v) is 19.3. The number of carbonyl (C=O) groups excluding carboxylic acids is 1. The highest BCUT2D eigenvalue weighted by Gasteiger charge is 2.36. The van der Waals surface area contributed by atoms with Crippen LogP contribution in [0.2, 0.25) is 18.1 Å². The summed E-state index contributed by atoms with van der Waals surface area (Å²) in [4.78, 5) is 11.8. The van der Waals surface area contributed by atoms with Crippen LogP contribution in [0.1, 0.15) is 91.9 Å². The minimum absolute atomic E-state index is 0.136. The molecule has 324 valence electrons. The van der Waals surface area contributed by atoms with E-state index in [9.17, 15) is 4.79 Å². The molecule has 13 nitrogen and oxygen atoms in total. The predicted octanol–water partition coefficient (Wildman–Crippen LogP) is 6.64. The first-order valence-corrected chi connectivity index (χ1v) is 23.7.